The predicted molar refractivity (Wildman–Crippen MR) is 96.5 cm³/mol. The minimum absolute atomic E-state index is 0.0341. The first-order valence-electron chi connectivity index (χ1n) is 8.42. The zero-order valence-corrected chi connectivity index (χ0v) is 14.8. The first-order chi connectivity index (χ1) is 12.2. The van der Waals surface area contributed by atoms with Crippen LogP contribution in [0.1, 0.15) is 48.8 Å². The molecule has 0 unspecified atom stereocenters. The van der Waals surface area contributed by atoms with E-state index in [4.69, 9.17) is 9.26 Å². The van der Waals surface area contributed by atoms with E-state index in [9.17, 15) is 0 Å². The van der Waals surface area contributed by atoms with Crippen molar-refractivity contribution >= 4 is 0 Å². The first kappa shape index (κ1) is 17.2. The Hall–Kier alpha value is -2.66. The molecule has 25 heavy (non-hydrogen) atoms. The monoisotopic (exact) mass is 337 g/mol. The molecule has 3 aromatic rings. The van der Waals surface area contributed by atoms with Crippen LogP contribution in [0.15, 0.2) is 59.1 Å². The van der Waals surface area contributed by atoms with Crippen LogP contribution < -0.4 is 10.1 Å². The van der Waals surface area contributed by atoms with Crippen molar-refractivity contribution in [3.63, 3.8) is 0 Å². The minimum atomic E-state index is -0.0341. The average Bonchev–Trinajstić information content (AvgIpc) is 3.11. The standard InChI is InChI=1S/C20H23N3O2/c1-14(17-11-7-8-12-18(17)24-3)21-15(2)20-22-19(25-23-20)13-16-9-5-4-6-10-16/h4-12,14-15,21H,13H2,1-3H3/t14-,15+/m1/s1. The summed E-state index contributed by atoms with van der Waals surface area (Å²) in [6.45, 7) is 4.13. The van der Waals surface area contributed by atoms with Gasteiger partial charge in [-0.3, -0.25) is 0 Å². The Bertz CT molecular complexity index is 801. The molecule has 5 heteroatoms. The lowest BCUT2D eigenvalue weighted by Crippen LogP contribution is -2.23. The van der Waals surface area contributed by atoms with Crippen LogP contribution in [-0.4, -0.2) is 17.3 Å². The van der Waals surface area contributed by atoms with Gasteiger partial charge in [-0.05, 0) is 25.5 Å². The molecule has 0 fully saturated rings. The number of para-hydroxylation sites is 1. The molecule has 2 aromatic carbocycles. The fourth-order valence-electron chi connectivity index (χ4n) is 2.85. The van der Waals surface area contributed by atoms with E-state index in [2.05, 4.69) is 40.6 Å². The lowest BCUT2D eigenvalue weighted by molar-refractivity contribution is 0.366. The lowest BCUT2D eigenvalue weighted by atomic mass is 10.1. The number of methoxy groups -OCH3 is 1. The molecule has 0 radical (unpaired) electrons. The normalized spacial score (nSPS) is 13.4. The molecule has 3 rings (SSSR count). The number of ether oxygens (including phenoxy) is 1. The van der Waals surface area contributed by atoms with Gasteiger partial charge in [-0.25, -0.2) is 0 Å². The molecule has 130 valence electrons. The summed E-state index contributed by atoms with van der Waals surface area (Å²) in [6.07, 6.45) is 0.641. The van der Waals surface area contributed by atoms with E-state index in [1.54, 1.807) is 7.11 Å². The third kappa shape index (κ3) is 4.25. The second kappa shape index (κ2) is 7.94. The summed E-state index contributed by atoms with van der Waals surface area (Å²) in [5, 5.41) is 7.62. The number of nitrogens with one attached hydrogen (secondary N) is 1. The van der Waals surface area contributed by atoms with Crippen molar-refractivity contribution in [2.24, 2.45) is 0 Å². The van der Waals surface area contributed by atoms with Crippen LogP contribution in [0.25, 0.3) is 0 Å². The summed E-state index contributed by atoms with van der Waals surface area (Å²) < 4.78 is 10.8. The van der Waals surface area contributed by atoms with Gasteiger partial charge in [0, 0.05) is 11.6 Å². The van der Waals surface area contributed by atoms with E-state index in [1.807, 2.05) is 43.3 Å². The molecule has 0 spiro atoms. The van der Waals surface area contributed by atoms with Gasteiger partial charge >= 0.3 is 0 Å². The van der Waals surface area contributed by atoms with Gasteiger partial charge in [0.05, 0.1) is 19.6 Å². The molecule has 5 nitrogen and oxygen atoms in total. The fourth-order valence-corrected chi connectivity index (χ4v) is 2.85. The summed E-state index contributed by atoms with van der Waals surface area (Å²) in [6, 6.07) is 18.2. The van der Waals surface area contributed by atoms with E-state index in [1.165, 1.54) is 0 Å². The summed E-state index contributed by atoms with van der Waals surface area (Å²) in [5.74, 6) is 2.15. The zero-order chi connectivity index (χ0) is 17.6. The molecular formula is C20H23N3O2. The van der Waals surface area contributed by atoms with Crippen LogP contribution in [0.2, 0.25) is 0 Å². The van der Waals surface area contributed by atoms with Gasteiger partial charge in [-0.15, -0.1) is 0 Å². The van der Waals surface area contributed by atoms with Crippen molar-refractivity contribution in [2.45, 2.75) is 32.4 Å². The van der Waals surface area contributed by atoms with Crippen molar-refractivity contribution < 1.29 is 9.26 Å². The quantitative estimate of drug-likeness (QED) is 0.704. The molecule has 0 aliphatic carbocycles. The summed E-state index contributed by atoms with van der Waals surface area (Å²) in [5.41, 5.74) is 2.26. The Kier molecular flexibility index (Phi) is 5.46. The molecule has 0 amide bonds. The largest absolute Gasteiger partial charge is 0.496 e. The second-order valence-corrected chi connectivity index (χ2v) is 6.06. The Labute approximate surface area is 148 Å². The van der Waals surface area contributed by atoms with E-state index in [-0.39, 0.29) is 12.1 Å². The summed E-state index contributed by atoms with van der Waals surface area (Å²) in [7, 11) is 1.68. The molecular weight excluding hydrogens is 314 g/mol. The van der Waals surface area contributed by atoms with Gasteiger partial charge in [-0.1, -0.05) is 53.7 Å². The van der Waals surface area contributed by atoms with Crippen molar-refractivity contribution in [1.29, 1.82) is 0 Å². The number of aromatic nitrogens is 2. The Balaban J connectivity index is 1.66. The summed E-state index contributed by atoms with van der Waals surface area (Å²) >= 11 is 0. The Morgan fingerprint density at radius 2 is 1.72 bits per heavy atom. The fraction of sp³-hybridized carbons (Fsp3) is 0.300. The summed E-state index contributed by atoms with van der Waals surface area (Å²) in [4.78, 5) is 4.52. The van der Waals surface area contributed by atoms with Crippen molar-refractivity contribution in [1.82, 2.24) is 15.5 Å². The minimum Gasteiger partial charge on any atom is -0.496 e. The van der Waals surface area contributed by atoms with Crippen LogP contribution in [0.5, 0.6) is 5.75 Å². The van der Waals surface area contributed by atoms with E-state index in [0.717, 1.165) is 16.9 Å². The Morgan fingerprint density at radius 3 is 2.48 bits per heavy atom. The smallest absolute Gasteiger partial charge is 0.231 e. The van der Waals surface area contributed by atoms with Crippen LogP contribution in [0.4, 0.5) is 0 Å². The molecule has 1 aromatic heterocycles. The van der Waals surface area contributed by atoms with E-state index >= 15 is 0 Å². The van der Waals surface area contributed by atoms with Crippen LogP contribution in [0.3, 0.4) is 0 Å². The van der Waals surface area contributed by atoms with Crippen LogP contribution in [-0.2, 0) is 6.42 Å². The second-order valence-electron chi connectivity index (χ2n) is 6.06. The van der Waals surface area contributed by atoms with Gasteiger partial charge in [0.25, 0.3) is 0 Å². The van der Waals surface area contributed by atoms with Crippen molar-refractivity contribution in [2.75, 3.05) is 7.11 Å². The first-order valence-corrected chi connectivity index (χ1v) is 8.42. The molecule has 1 heterocycles. The molecule has 0 saturated carbocycles. The Morgan fingerprint density at radius 1 is 1.00 bits per heavy atom. The number of rotatable bonds is 7. The highest BCUT2D eigenvalue weighted by molar-refractivity contribution is 5.35. The third-order valence-electron chi connectivity index (χ3n) is 4.17. The SMILES string of the molecule is COc1ccccc1[C@@H](C)N[C@@H](C)c1noc(Cc2ccccc2)n1. The van der Waals surface area contributed by atoms with Crippen LogP contribution >= 0.6 is 0 Å². The highest BCUT2D eigenvalue weighted by Gasteiger charge is 2.18. The van der Waals surface area contributed by atoms with Gasteiger partial charge in [0.1, 0.15) is 5.75 Å². The predicted octanol–water partition coefficient (Wildman–Crippen LogP) is 4.08. The highest BCUT2D eigenvalue weighted by atomic mass is 16.5. The number of hydrogen-bond acceptors (Lipinski definition) is 5. The average molecular weight is 337 g/mol. The van der Waals surface area contributed by atoms with Crippen molar-refractivity contribution in [3.8, 4) is 5.75 Å². The lowest BCUT2D eigenvalue weighted by Gasteiger charge is -2.20. The molecule has 0 bridgehead atoms. The number of nitrogens with zero attached hydrogens (tertiary/aromatic N) is 2. The number of hydrogen-bond donors (Lipinski definition) is 1. The molecule has 0 aliphatic heterocycles. The molecule has 0 saturated heterocycles. The van der Waals surface area contributed by atoms with Gasteiger partial charge in [-0.2, -0.15) is 4.98 Å². The molecule has 2 atom stereocenters. The van der Waals surface area contributed by atoms with Crippen molar-refractivity contribution in [3.05, 3.63) is 77.4 Å². The third-order valence-corrected chi connectivity index (χ3v) is 4.17. The van der Waals surface area contributed by atoms with E-state index < -0.39 is 0 Å². The maximum Gasteiger partial charge on any atom is 0.231 e. The highest BCUT2D eigenvalue weighted by Crippen LogP contribution is 2.26. The maximum absolute atomic E-state index is 5.43. The zero-order valence-electron chi connectivity index (χ0n) is 14.8. The topological polar surface area (TPSA) is 60.2 Å². The molecule has 1 N–H and O–H groups in total. The van der Waals surface area contributed by atoms with E-state index in [0.29, 0.717) is 18.1 Å². The van der Waals surface area contributed by atoms with Gasteiger partial charge in [0.15, 0.2) is 5.82 Å². The maximum atomic E-state index is 5.43. The van der Waals surface area contributed by atoms with Crippen LogP contribution in [0, 0.1) is 0 Å². The van der Waals surface area contributed by atoms with Gasteiger partial charge < -0.3 is 14.6 Å². The van der Waals surface area contributed by atoms with Gasteiger partial charge in [0.2, 0.25) is 5.89 Å². The number of benzene rings is 2. The molecule has 0 aliphatic rings.